The van der Waals surface area contributed by atoms with Gasteiger partial charge in [0.1, 0.15) is 23.1 Å². The number of terminal acetylenes is 1. The van der Waals surface area contributed by atoms with E-state index in [2.05, 4.69) is 5.92 Å². The largest absolute Gasteiger partial charge is 0.496 e. The second-order valence-corrected chi connectivity index (χ2v) is 5.49. The Balaban J connectivity index is 2.20. The average Bonchev–Trinajstić information content (AvgIpc) is 3.27. The molecule has 1 aliphatic rings. The van der Waals surface area contributed by atoms with Crippen LogP contribution in [0.2, 0.25) is 5.02 Å². The Hall–Kier alpha value is -2.12. The smallest absolute Gasteiger partial charge is 0.132 e. The number of nitrogens with two attached hydrogens (primary N) is 1. The standard InChI is InChI=1S/C16H16ClN3O/c1-3-9-20-15(18)14(19-16(20)10-7-8-10)13-11(17)5-4-6-12(13)21-2/h1,4-6,10H,7-9,18H2,2H3. The van der Waals surface area contributed by atoms with Crippen molar-refractivity contribution in [1.82, 2.24) is 9.55 Å². The quantitative estimate of drug-likeness (QED) is 0.882. The molecule has 108 valence electrons. The van der Waals surface area contributed by atoms with Gasteiger partial charge in [0.05, 0.1) is 24.2 Å². The Bertz CT molecular complexity index is 726. The van der Waals surface area contributed by atoms with Gasteiger partial charge < -0.3 is 15.0 Å². The van der Waals surface area contributed by atoms with Crippen LogP contribution >= 0.6 is 11.6 Å². The molecule has 1 fully saturated rings. The highest BCUT2D eigenvalue weighted by Gasteiger charge is 2.31. The number of anilines is 1. The minimum atomic E-state index is 0.414. The van der Waals surface area contributed by atoms with Crippen LogP contribution in [0.15, 0.2) is 18.2 Å². The van der Waals surface area contributed by atoms with Gasteiger partial charge >= 0.3 is 0 Å². The maximum atomic E-state index is 6.32. The van der Waals surface area contributed by atoms with Crippen LogP contribution in [0.5, 0.6) is 5.75 Å². The third-order valence-corrected chi connectivity index (χ3v) is 3.98. The summed E-state index contributed by atoms with van der Waals surface area (Å²) in [5.74, 6) is 5.23. The molecule has 21 heavy (non-hydrogen) atoms. The molecule has 1 aromatic heterocycles. The first-order valence-corrected chi connectivity index (χ1v) is 7.17. The van der Waals surface area contributed by atoms with E-state index in [0.29, 0.717) is 34.7 Å². The lowest BCUT2D eigenvalue weighted by Crippen LogP contribution is -2.05. The van der Waals surface area contributed by atoms with E-state index < -0.39 is 0 Å². The molecule has 1 saturated carbocycles. The van der Waals surface area contributed by atoms with Crippen LogP contribution in [0.4, 0.5) is 5.82 Å². The summed E-state index contributed by atoms with van der Waals surface area (Å²) < 4.78 is 7.29. The minimum absolute atomic E-state index is 0.414. The van der Waals surface area contributed by atoms with E-state index in [1.54, 1.807) is 13.2 Å². The maximum absolute atomic E-state index is 6.32. The molecular formula is C16H16ClN3O. The molecule has 3 rings (SSSR count). The summed E-state index contributed by atoms with van der Waals surface area (Å²) in [6.07, 6.45) is 7.70. The topological polar surface area (TPSA) is 53.1 Å². The lowest BCUT2D eigenvalue weighted by molar-refractivity contribution is 0.416. The minimum Gasteiger partial charge on any atom is -0.496 e. The van der Waals surface area contributed by atoms with Crippen molar-refractivity contribution in [2.45, 2.75) is 25.3 Å². The van der Waals surface area contributed by atoms with Gasteiger partial charge in [-0.3, -0.25) is 0 Å². The first kappa shape index (κ1) is 13.8. The van der Waals surface area contributed by atoms with Gasteiger partial charge in [-0.1, -0.05) is 23.6 Å². The van der Waals surface area contributed by atoms with E-state index in [4.69, 9.17) is 33.5 Å². The number of benzene rings is 1. The van der Waals surface area contributed by atoms with Crippen LogP contribution in [0.25, 0.3) is 11.3 Å². The Kier molecular flexibility index (Phi) is 3.52. The van der Waals surface area contributed by atoms with Gasteiger partial charge in [0.25, 0.3) is 0 Å². The maximum Gasteiger partial charge on any atom is 0.132 e. The highest BCUT2D eigenvalue weighted by Crippen LogP contribution is 2.44. The predicted molar refractivity (Wildman–Crippen MR) is 84.4 cm³/mol. The molecule has 2 aromatic rings. The summed E-state index contributed by atoms with van der Waals surface area (Å²) in [4.78, 5) is 4.71. The van der Waals surface area contributed by atoms with Crippen molar-refractivity contribution in [2.24, 2.45) is 0 Å². The van der Waals surface area contributed by atoms with Gasteiger partial charge in [-0.15, -0.1) is 6.42 Å². The number of ether oxygens (including phenoxy) is 1. The van der Waals surface area contributed by atoms with Crippen LogP contribution in [0.3, 0.4) is 0 Å². The fourth-order valence-corrected chi connectivity index (χ4v) is 2.74. The number of hydrogen-bond acceptors (Lipinski definition) is 3. The molecule has 0 aliphatic heterocycles. The van der Waals surface area contributed by atoms with Gasteiger partial charge in [-0.05, 0) is 25.0 Å². The number of methoxy groups -OCH3 is 1. The molecule has 0 atom stereocenters. The third-order valence-electron chi connectivity index (χ3n) is 3.66. The Labute approximate surface area is 128 Å². The Morgan fingerprint density at radius 3 is 2.90 bits per heavy atom. The Morgan fingerprint density at radius 1 is 1.52 bits per heavy atom. The molecule has 0 amide bonds. The summed E-state index contributed by atoms with van der Waals surface area (Å²) in [6.45, 7) is 0.414. The third kappa shape index (κ3) is 2.34. The van der Waals surface area contributed by atoms with Crippen molar-refractivity contribution in [2.75, 3.05) is 12.8 Å². The summed E-state index contributed by atoms with van der Waals surface area (Å²) in [7, 11) is 1.60. The van der Waals surface area contributed by atoms with E-state index in [0.717, 1.165) is 24.2 Å². The van der Waals surface area contributed by atoms with Gasteiger partial charge in [0, 0.05) is 5.92 Å². The number of nitrogen functional groups attached to an aromatic ring is 1. The predicted octanol–water partition coefficient (Wildman–Crippen LogP) is 3.30. The number of nitrogens with zero attached hydrogens (tertiary/aromatic N) is 2. The lowest BCUT2D eigenvalue weighted by Gasteiger charge is -2.09. The molecular weight excluding hydrogens is 286 g/mol. The normalized spacial score (nSPS) is 14.0. The van der Waals surface area contributed by atoms with Crippen molar-refractivity contribution < 1.29 is 4.74 Å². The summed E-state index contributed by atoms with van der Waals surface area (Å²) in [6, 6.07) is 5.48. The fraction of sp³-hybridized carbons (Fsp3) is 0.312. The van der Waals surface area contributed by atoms with Crippen LogP contribution in [0, 0.1) is 12.3 Å². The van der Waals surface area contributed by atoms with E-state index in [1.165, 1.54) is 0 Å². The van der Waals surface area contributed by atoms with E-state index in [9.17, 15) is 0 Å². The molecule has 4 nitrogen and oxygen atoms in total. The summed E-state index contributed by atoms with van der Waals surface area (Å²) >= 11 is 6.32. The van der Waals surface area contributed by atoms with Crippen LogP contribution in [-0.4, -0.2) is 16.7 Å². The van der Waals surface area contributed by atoms with Crippen molar-refractivity contribution in [3.63, 3.8) is 0 Å². The average molecular weight is 302 g/mol. The van der Waals surface area contributed by atoms with Gasteiger partial charge in [-0.25, -0.2) is 4.98 Å². The molecule has 0 unspecified atom stereocenters. The van der Waals surface area contributed by atoms with Crippen molar-refractivity contribution >= 4 is 17.4 Å². The zero-order valence-corrected chi connectivity index (χ0v) is 12.5. The SMILES string of the molecule is C#CCn1c(C2CC2)nc(-c2c(Cl)cccc2OC)c1N. The number of aromatic nitrogens is 2. The molecule has 0 saturated heterocycles. The number of imidazole rings is 1. The highest BCUT2D eigenvalue weighted by molar-refractivity contribution is 6.33. The summed E-state index contributed by atoms with van der Waals surface area (Å²) in [5.41, 5.74) is 7.64. The first-order valence-electron chi connectivity index (χ1n) is 6.79. The van der Waals surface area contributed by atoms with Crippen LogP contribution < -0.4 is 10.5 Å². The van der Waals surface area contributed by atoms with Gasteiger partial charge in [0.15, 0.2) is 0 Å². The van der Waals surface area contributed by atoms with Crippen molar-refractivity contribution in [3.8, 4) is 29.4 Å². The second-order valence-electron chi connectivity index (χ2n) is 5.09. The molecule has 2 N–H and O–H groups in total. The fourth-order valence-electron chi connectivity index (χ4n) is 2.48. The molecule has 0 spiro atoms. The molecule has 1 aromatic carbocycles. The zero-order chi connectivity index (χ0) is 15.0. The van der Waals surface area contributed by atoms with E-state index in [-0.39, 0.29) is 0 Å². The van der Waals surface area contributed by atoms with Crippen LogP contribution in [0.1, 0.15) is 24.6 Å². The number of hydrogen-bond donors (Lipinski definition) is 1. The Morgan fingerprint density at radius 2 is 2.29 bits per heavy atom. The molecule has 0 radical (unpaired) electrons. The molecule has 1 heterocycles. The highest BCUT2D eigenvalue weighted by atomic mass is 35.5. The van der Waals surface area contributed by atoms with Crippen molar-refractivity contribution in [3.05, 3.63) is 29.0 Å². The molecule has 1 aliphatic carbocycles. The summed E-state index contributed by atoms with van der Waals surface area (Å²) in [5, 5.41) is 0.564. The second kappa shape index (κ2) is 5.34. The van der Waals surface area contributed by atoms with Crippen LogP contribution in [-0.2, 0) is 6.54 Å². The van der Waals surface area contributed by atoms with Crippen molar-refractivity contribution in [1.29, 1.82) is 0 Å². The molecule has 5 heteroatoms. The number of halogens is 1. The molecule has 0 bridgehead atoms. The lowest BCUT2D eigenvalue weighted by atomic mass is 10.1. The van der Waals surface area contributed by atoms with Gasteiger partial charge in [-0.2, -0.15) is 0 Å². The van der Waals surface area contributed by atoms with Gasteiger partial charge in [0.2, 0.25) is 0 Å². The zero-order valence-electron chi connectivity index (χ0n) is 11.8. The van der Waals surface area contributed by atoms with E-state index in [1.807, 2.05) is 16.7 Å². The van der Waals surface area contributed by atoms with E-state index >= 15 is 0 Å². The first-order chi connectivity index (χ1) is 10.2. The monoisotopic (exact) mass is 301 g/mol. The number of rotatable bonds is 4.